The van der Waals surface area contributed by atoms with Crippen LogP contribution in [-0.4, -0.2) is 30.1 Å². The first kappa shape index (κ1) is 12.4. The fourth-order valence-corrected chi connectivity index (χ4v) is 1.68. The largest absolute Gasteiger partial charge is 0.492 e. The predicted molar refractivity (Wildman–Crippen MR) is 64.2 cm³/mol. The van der Waals surface area contributed by atoms with Crippen LogP contribution in [0.2, 0.25) is 0 Å². The van der Waals surface area contributed by atoms with Gasteiger partial charge in [0.15, 0.2) is 0 Å². The molecule has 1 fully saturated rings. The second kappa shape index (κ2) is 5.08. The fourth-order valence-electron chi connectivity index (χ4n) is 1.68. The van der Waals surface area contributed by atoms with Crippen molar-refractivity contribution >= 4 is 11.9 Å². The minimum Gasteiger partial charge on any atom is -0.492 e. The molecule has 2 N–H and O–H groups in total. The molecule has 0 aromatic heterocycles. The Morgan fingerprint density at radius 2 is 1.94 bits per heavy atom. The number of carbonyl (C=O) groups excluding carboxylic acids is 1. The van der Waals surface area contributed by atoms with Crippen LogP contribution in [0, 0.1) is 5.41 Å². The third kappa shape index (κ3) is 2.61. The highest BCUT2D eigenvalue weighted by atomic mass is 16.5. The van der Waals surface area contributed by atoms with Crippen LogP contribution >= 0.6 is 0 Å². The molecule has 2 rings (SSSR count). The maximum atomic E-state index is 11.6. The SMILES string of the molecule is O=C(O)C1(C(=O)NCCOc2ccccc2)CC1. The molecule has 5 nitrogen and oxygen atoms in total. The average Bonchev–Trinajstić information content (AvgIpc) is 3.17. The summed E-state index contributed by atoms with van der Waals surface area (Å²) in [6.45, 7) is 0.633. The normalized spacial score (nSPS) is 15.8. The number of carboxylic acids is 1. The number of benzene rings is 1. The number of para-hydroxylation sites is 1. The van der Waals surface area contributed by atoms with E-state index in [0.717, 1.165) is 5.75 Å². The van der Waals surface area contributed by atoms with Crippen molar-refractivity contribution in [1.29, 1.82) is 0 Å². The van der Waals surface area contributed by atoms with Crippen molar-refractivity contribution in [1.82, 2.24) is 5.32 Å². The number of carbonyl (C=O) groups is 2. The minimum absolute atomic E-state index is 0.308. The van der Waals surface area contributed by atoms with Crippen molar-refractivity contribution in [3.05, 3.63) is 30.3 Å². The number of rotatable bonds is 6. The summed E-state index contributed by atoms with van der Waals surface area (Å²) >= 11 is 0. The standard InChI is InChI=1S/C13H15NO4/c15-11(13(6-7-13)12(16)17)14-8-9-18-10-4-2-1-3-5-10/h1-5H,6-9H2,(H,14,15)(H,16,17). The lowest BCUT2D eigenvalue weighted by molar-refractivity contribution is -0.149. The van der Waals surface area contributed by atoms with Crippen LogP contribution in [0.25, 0.3) is 0 Å². The Balaban J connectivity index is 1.70. The van der Waals surface area contributed by atoms with Gasteiger partial charge in [0.1, 0.15) is 17.8 Å². The molecule has 0 atom stereocenters. The molecule has 1 amide bonds. The molecular weight excluding hydrogens is 234 g/mol. The molecule has 18 heavy (non-hydrogen) atoms. The van der Waals surface area contributed by atoms with Gasteiger partial charge in [-0.1, -0.05) is 18.2 Å². The lowest BCUT2D eigenvalue weighted by Crippen LogP contribution is -2.38. The van der Waals surface area contributed by atoms with E-state index in [-0.39, 0.29) is 0 Å². The lowest BCUT2D eigenvalue weighted by Gasteiger charge is -2.11. The Morgan fingerprint density at radius 3 is 2.50 bits per heavy atom. The summed E-state index contributed by atoms with van der Waals surface area (Å²) in [4.78, 5) is 22.5. The number of ether oxygens (including phenoxy) is 1. The smallest absolute Gasteiger partial charge is 0.319 e. The van der Waals surface area contributed by atoms with Crippen molar-refractivity contribution < 1.29 is 19.4 Å². The first-order chi connectivity index (χ1) is 8.65. The average molecular weight is 249 g/mol. The number of hydrogen-bond donors (Lipinski definition) is 2. The van der Waals surface area contributed by atoms with Crippen LogP contribution in [-0.2, 0) is 9.59 Å². The minimum atomic E-state index is -1.17. The summed E-state index contributed by atoms with van der Waals surface area (Å²) in [6, 6.07) is 9.25. The molecule has 1 aromatic carbocycles. The number of hydrogen-bond acceptors (Lipinski definition) is 3. The molecule has 5 heteroatoms. The van der Waals surface area contributed by atoms with Gasteiger partial charge < -0.3 is 15.2 Å². The summed E-state index contributed by atoms with van der Waals surface area (Å²) in [7, 11) is 0. The molecule has 0 heterocycles. The molecule has 1 aliphatic rings. The van der Waals surface area contributed by atoms with E-state index in [9.17, 15) is 9.59 Å². The van der Waals surface area contributed by atoms with Crippen molar-refractivity contribution in [3.8, 4) is 5.75 Å². The monoisotopic (exact) mass is 249 g/mol. The van der Waals surface area contributed by atoms with E-state index in [0.29, 0.717) is 26.0 Å². The number of carboxylic acid groups (broad SMARTS) is 1. The topological polar surface area (TPSA) is 75.6 Å². The summed E-state index contributed by atoms with van der Waals surface area (Å²) in [5, 5.41) is 11.5. The molecule has 0 radical (unpaired) electrons. The second-order valence-corrected chi connectivity index (χ2v) is 4.30. The molecule has 0 unspecified atom stereocenters. The summed E-state index contributed by atoms with van der Waals surface area (Å²) < 4.78 is 5.39. The molecule has 1 aromatic rings. The van der Waals surface area contributed by atoms with E-state index >= 15 is 0 Å². The van der Waals surface area contributed by atoms with Gasteiger partial charge in [-0.2, -0.15) is 0 Å². The van der Waals surface area contributed by atoms with Gasteiger partial charge in [-0.15, -0.1) is 0 Å². The summed E-state index contributed by atoms with van der Waals surface area (Å²) in [5.74, 6) is -0.721. The zero-order valence-corrected chi connectivity index (χ0v) is 9.89. The van der Waals surface area contributed by atoms with Gasteiger partial charge in [0, 0.05) is 0 Å². The Hall–Kier alpha value is -2.04. The van der Waals surface area contributed by atoms with E-state index in [2.05, 4.69) is 5.32 Å². The zero-order chi connectivity index (χ0) is 13.0. The molecule has 1 aliphatic carbocycles. The Bertz CT molecular complexity index is 440. The number of aliphatic carboxylic acids is 1. The van der Waals surface area contributed by atoms with Crippen LogP contribution in [0.15, 0.2) is 30.3 Å². The van der Waals surface area contributed by atoms with Crippen LogP contribution in [0.5, 0.6) is 5.75 Å². The van der Waals surface area contributed by atoms with Gasteiger partial charge in [-0.3, -0.25) is 9.59 Å². The highest BCUT2D eigenvalue weighted by Gasteiger charge is 2.56. The maximum Gasteiger partial charge on any atom is 0.319 e. The third-order valence-electron chi connectivity index (χ3n) is 2.99. The van der Waals surface area contributed by atoms with Crippen LogP contribution < -0.4 is 10.1 Å². The van der Waals surface area contributed by atoms with E-state index in [1.54, 1.807) is 0 Å². The first-order valence-electron chi connectivity index (χ1n) is 5.85. The first-order valence-corrected chi connectivity index (χ1v) is 5.85. The maximum absolute atomic E-state index is 11.6. The fraction of sp³-hybridized carbons (Fsp3) is 0.385. The van der Waals surface area contributed by atoms with Gasteiger partial charge in [0.2, 0.25) is 5.91 Å². The van der Waals surface area contributed by atoms with Crippen molar-refractivity contribution in [2.24, 2.45) is 5.41 Å². The highest BCUT2D eigenvalue weighted by molar-refractivity contribution is 6.04. The van der Waals surface area contributed by atoms with Crippen molar-refractivity contribution in [3.63, 3.8) is 0 Å². The van der Waals surface area contributed by atoms with Crippen LogP contribution in [0.1, 0.15) is 12.8 Å². The molecule has 96 valence electrons. The van der Waals surface area contributed by atoms with Crippen LogP contribution in [0.3, 0.4) is 0 Å². The summed E-state index contributed by atoms with van der Waals surface area (Å²) in [5.41, 5.74) is -1.17. The van der Waals surface area contributed by atoms with E-state index in [4.69, 9.17) is 9.84 Å². The molecule has 0 aliphatic heterocycles. The Morgan fingerprint density at radius 1 is 1.28 bits per heavy atom. The van der Waals surface area contributed by atoms with Crippen molar-refractivity contribution in [2.45, 2.75) is 12.8 Å². The summed E-state index contributed by atoms with van der Waals surface area (Å²) in [6.07, 6.45) is 0.849. The molecule has 1 saturated carbocycles. The second-order valence-electron chi connectivity index (χ2n) is 4.30. The van der Waals surface area contributed by atoms with E-state index in [1.807, 2.05) is 30.3 Å². The van der Waals surface area contributed by atoms with Gasteiger partial charge in [-0.05, 0) is 25.0 Å². The molecule has 0 bridgehead atoms. The Labute approximate surface area is 105 Å². The van der Waals surface area contributed by atoms with Gasteiger partial charge in [0.05, 0.1) is 6.54 Å². The molecule has 0 saturated heterocycles. The van der Waals surface area contributed by atoms with Crippen molar-refractivity contribution in [2.75, 3.05) is 13.2 Å². The van der Waals surface area contributed by atoms with Gasteiger partial charge >= 0.3 is 5.97 Å². The lowest BCUT2D eigenvalue weighted by atomic mass is 10.1. The number of amides is 1. The van der Waals surface area contributed by atoms with Crippen LogP contribution in [0.4, 0.5) is 0 Å². The number of nitrogens with one attached hydrogen (secondary N) is 1. The zero-order valence-electron chi connectivity index (χ0n) is 9.89. The van der Waals surface area contributed by atoms with E-state index in [1.165, 1.54) is 0 Å². The van der Waals surface area contributed by atoms with Gasteiger partial charge in [0.25, 0.3) is 0 Å². The van der Waals surface area contributed by atoms with Gasteiger partial charge in [-0.25, -0.2) is 0 Å². The van der Waals surface area contributed by atoms with E-state index < -0.39 is 17.3 Å². The predicted octanol–water partition coefficient (Wildman–Crippen LogP) is 1.05. The third-order valence-corrected chi connectivity index (χ3v) is 2.99. The Kier molecular flexibility index (Phi) is 3.50. The highest BCUT2D eigenvalue weighted by Crippen LogP contribution is 2.45. The molecule has 0 spiro atoms. The molecular formula is C13H15NO4. The quantitative estimate of drug-likeness (QED) is 0.583.